The standard InChI is InChI=1S/C25H30F2N4O5/c1-13(28-2)24(33)29-10-19(27)14-5-4-8-30(11-14)21-18(26)9-16-20(23(21)36-3)31(15-6-7-15)12-17(22(16)32)25(34)35/h9,12-13,15,28H,4-8,10-11H2,1-3H3,(H,29,33)(H,34,35). The van der Waals surface area contributed by atoms with Crippen LogP contribution in [0.3, 0.4) is 0 Å². The Morgan fingerprint density at radius 3 is 2.67 bits per heavy atom. The maximum Gasteiger partial charge on any atom is 0.341 e. The molecule has 1 aromatic carbocycles. The van der Waals surface area contributed by atoms with E-state index in [1.54, 1.807) is 23.4 Å². The Morgan fingerprint density at radius 2 is 2.06 bits per heavy atom. The van der Waals surface area contributed by atoms with E-state index in [4.69, 9.17) is 4.74 Å². The molecule has 1 aliphatic carbocycles. The number of ether oxygens (including phenoxy) is 1. The molecule has 1 atom stereocenters. The lowest BCUT2D eigenvalue weighted by Crippen LogP contribution is -2.41. The van der Waals surface area contributed by atoms with Crippen LogP contribution in [0.15, 0.2) is 28.5 Å². The zero-order chi connectivity index (χ0) is 26.1. The first kappa shape index (κ1) is 25.6. The number of hydrogen-bond acceptors (Lipinski definition) is 6. The van der Waals surface area contributed by atoms with E-state index in [1.165, 1.54) is 13.3 Å². The van der Waals surface area contributed by atoms with Crippen LogP contribution in [0.1, 0.15) is 49.0 Å². The van der Waals surface area contributed by atoms with E-state index in [0.717, 1.165) is 18.9 Å². The highest BCUT2D eigenvalue weighted by Crippen LogP contribution is 2.44. The van der Waals surface area contributed by atoms with E-state index in [9.17, 15) is 23.9 Å². The van der Waals surface area contributed by atoms with Crippen LogP contribution in [0.25, 0.3) is 10.9 Å². The van der Waals surface area contributed by atoms with E-state index in [-0.39, 0.29) is 41.9 Å². The smallest absolute Gasteiger partial charge is 0.341 e. The van der Waals surface area contributed by atoms with E-state index in [0.29, 0.717) is 30.5 Å². The average molecular weight is 505 g/mol. The highest BCUT2D eigenvalue weighted by Gasteiger charge is 2.32. The molecule has 194 valence electrons. The predicted octanol–water partition coefficient (Wildman–Crippen LogP) is 2.73. The van der Waals surface area contributed by atoms with Crippen LogP contribution < -0.4 is 25.7 Å². The number of carbonyl (C=O) groups is 2. The van der Waals surface area contributed by atoms with Crippen molar-refractivity contribution >= 4 is 28.5 Å². The maximum atomic E-state index is 15.5. The summed E-state index contributed by atoms with van der Waals surface area (Å²) in [5.74, 6) is -2.82. The zero-order valence-electron chi connectivity index (χ0n) is 20.5. The molecule has 2 aliphatic rings. The van der Waals surface area contributed by atoms with Gasteiger partial charge in [0.1, 0.15) is 17.1 Å². The van der Waals surface area contributed by atoms with Crippen LogP contribution in [-0.4, -0.2) is 61.4 Å². The first-order valence-electron chi connectivity index (χ1n) is 11.9. The van der Waals surface area contributed by atoms with Crippen LogP contribution in [0, 0.1) is 5.82 Å². The molecule has 1 saturated heterocycles. The lowest BCUT2D eigenvalue weighted by Gasteiger charge is -2.33. The number of carbonyl (C=O) groups excluding carboxylic acids is 1. The summed E-state index contributed by atoms with van der Waals surface area (Å²) in [6, 6.07) is 0.567. The highest BCUT2D eigenvalue weighted by molar-refractivity contribution is 5.97. The predicted molar refractivity (Wildman–Crippen MR) is 131 cm³/mol. The number of aromatic carboxylic acids is 1. The number of nitrogens with one attached hydrogen (secondary N) is 2. The lowest BCUT2D eigenvalue weighted by molar-refractivity contribution is -0.122. The largest absolute Gasteiger partial charge is 0.492 e. The molecule has 1 saturated carbocycles. The number of anilines is 1. The second kappa shape index (κ2) is 10.3. The molecule has 0 spiro atoms. The van der Waals surface area contributed by atoms with Gasteiger partial charge in [0, 0.05) is 25.3 Å². The molecule has 11 heteroatoms. The highest BCUT2D eigenvalue weighted by atomic mass is 19.1. The van der Waals surface area contributed by atoms with E-state index >= 15 is 4.39 Å². The third kappa shape index (κ3) is 4.79. The molecule has 36 heavy (non-hydrogen) atoms. The van der Waals surface area contributed by atoms with Crippen LogP contribution in [0.5, 0.6) is 5.75 Å². The first-order chi connectivity index (χ1) is 17.2. The summed E-state index contributed by atoms with van der Waals surface area (Å²) in [4.78, 5) is 38.2. The van der Waals surface area contributed by atoms with Crippen molar-refractivity contribution in [2.24, 2.45) is 0 Å². The zero-order valence-corrected chi connectivity index (χ0v) is 20.5. The van der Waals surface area contributed by atoms with Crippen molar-refractivity contribution in [1.29, 1.82) is 0 Å². The Bertz CT molecular complexity index is 1300. The number of pyridine rings is 1. The molecular formula is C25H30F2N4O5. The number of carboxylic acids is 1. The van der Waals surface area contributed by atoms with Gasteiger partial charge in [-0.1, -0.05) is 0 Å². The molecule has 0 radical (unpaired) electrons. The molecule has 2 heterocycles. The number of aromatic nitrogens is 1. The summed E-state index contributed by atoms with van der Waals surface area (Å²) < 4.78 is 37.8. The summed E-state index contributed by atoms with van der Waals surface area (Å²) in [6.07, 6.45) is 3.91. The number of halogens is 2. The number of amides is 1. The topological polar surface area (TPSA) is 113 Å². The minimum Gasteiger partial charge on any atom is -0.492 e. The fraction of sp³-hybridized carbons (Fsp3) is 0.480. The molecule has 2 fully saturated rings. The average Bonchev–Trinajstić information content (AvgIpc) is 3.71. The SMILES string of the molecule is CNC(C)C(=O)NCC(F)=C1CCCN(c2c(F)cc3c(=O)c(C(=O)O)cn(C4CC4)c3c2OC)C1. The first-order valence-corrected chi connectivity index (χ1v) is 11.9. The van der Waals surface area contributed by atoms with Crippen molar-refractivity contribution in [3.05, 3.63) is 45.3 Å². The monoisotopic (exact) mass is 504 g/mol. The summed E-state index contributed by atoms with van der Waals surface area (Å²) in [7, 11) is 3.00. The Hall–Kier alpha value is -3.47. The normalized spacial score (nSPS) is 18.2. The van der Waals surface area contributed by atoms with Gasteiger partial charge in [-0.25, -0.2) is 13.6 Å². The number of benzene rings is 1. The number of fused-ring (bicyclic) bond motifs is 1. The molecule has 4 rings (SSSR count). The molecule has 1 aromatic heterocycles. The summed E-state index contributed by atoms with van der Waals surface area (Å²) in [5, 5.41) is 14.8. The minimum atomic E-state index is -1.38. The Balaban J connectivity index is 1.75. The van der Waals surface area contributed by atoms with Gasteiger partial charge < -0.3 is 29.9 Å². The number of rotatable bonds is 8. The summed E-state index contributed by atoms with van der Waals surface area (Å²) in [5.41, 5.74) is -0.338. The van der Waals surface area contributed by atoms with Crippen LogP contribution in [-0.2, 0) is 4.79 Å². The lowest BCUT2D eigenvalue weighted by atomic mass is 10.0. The maximum absolute atomic E-state index is 15.5. The van der Waals surface area contributed by atoms with E-state index in [1.807, 2.05) is 0 Å². The fourth-order valence-electron chi connectivity index (χ4n) is 4.58. The molecule has 3 N–H and O–H groups in total. The number of carboxylic acid groups (broad SMARTS) is 1. The van der Waals surface area contributed by atoms with Crippen molar-refractivity contribution in [3.63, 3.8) is 0 Å². The second-order valence-electron chi connectivity index (χ2n) is 9.21. The van der Waals surface area contributed by atoms with Crippen LogP contribution in [0.2, 0.25) is 0 Å². The van der Waals surface area contributed by atoms with Gasteiger partial charge in [0.15, 0.2) is 11.6 Å². The van der Waals surface area contributed by atoms with Gasteiger partial charge in [0.05, 0.1) is 30.6 Å². The second-order valence-corrected chi connectivity index (χ2v) is 9.21. The molecule has 1 aliphatic heterocycles. The van der Waals surface area contributed by atoms with Crippen molar-refractivity contribution in [2.75, 3.05) is 38.7 Å². The Labute approximate surface area is 206 Å². The van der Waals surface area contributed by atoms with Gasteiger partial charge in [-0.3, -0.25) is 9.59 Å². The van der Waals surface area contributed by atoms with Gasteiger partial charge in [-0.2, -0.15) is 0 Å². The van der Waals surface area contributed by atoms with Crippen molar-refractivity contribution in [2.45, 2.75) is 44.7 Å². The van der Waals surface area contributed by atoms with Gasteiger partial charge >= 0.3 is 5.97 Å². The molecule has 2 aromatic rings. The summed E-state index contributed by atoms with van der Waals surface area (Å²) in [6.45, 7) is 1.92. The minimum absolute atomic E-state index is 0.0173. The molecule has 1 amide bonds. The van der Waals surface area contributed by atoms with E-state index < -0.39 is 34.6 Å². The van der Waals surface area contributed by atoms with Crippen molar-refractivity contribution in [1.82, 2.24) is 15.2 Å². The van der Waals surface area contributed by atoms with Crippen molar-refractivity contribution < 1.29 is 28.2 Å². The van der Waals surface area contributed by atoms with Gasteiger partial charge in [-0.15, -0.1) is 0 Å². The molecule has 1 unspecified atom stereocenters. The number of likely N-dealkylation sites (N-methyl/N-ethyl adjacent to an activating group) is 1. The number of hydrogen-bond donors (Lipinski definition) is 3. The van der Waals surface area contributed by atoms with Gasteiger partial charge in [0.25, 0.3) is 0 Å². The van der Waals surface area contributed by atoms with Crippen LogP contribution >= 0.6 is 0 Å². The molecular weight excluding hydrogens is 474 g/mol. The summed E-state index contributed by atoms with van der Waals surface area (Å²) >= 11 is 0. The van der Waals surface area contributed by atoms with E-state index in [2.05, 4.69) is 10.6 Å². The molecule has 0 bridgehead atoms. The third-order valence-electron chi connectivity index (χ3n) is 6.81. The Kier molecular flexibility index (Phi) is 7.30. The van der Waals surface area contributed by atoms with Gasteiger partial charge in [-0.05, 0) is 51.3 Å². The molecule has 9 nitrogen and oxygen atoms in total. The van der Waals surface area contributed by atoms with Crippen LogP contribution in [0.4, 0.5) is 14.5 Å². The third-order valence-corrected chi connectivity index (χ3v) is 6.81. The number of methoxy groups -OCH3 is 1. The number of nitrogens with zero attached hydrogens (tertiary/aromatic N) is 2. The quantitative estimate of drug-likeness (QED) is 0.507. The fourth-order valence-corrected chi connectivity index (χ4v) is 4.58. The van der Waals surface area contributed by atoms with Crippen molar-refractivity contribution in [3.8, 4) is 5.75 Å². The number of piperidine rings is 1. The van der Waals surface area contributed by atoms with Gasteiger partial charge in [0.2, 0.25) is 11.3 Å². The Morgan fingerprint density at radius 1 is 1.33 bits per heavy atom.